The van der Waals surface area contributed by atoms with Crippen molar-refractivity contribution < 1.29 is 9.53 Å². The molecule has 1 saturated heterocycles. The summed E-state index contributed by atoms with van der Waals surface area (Å²) in [6.45, 7) is 11.9. The van der Waals surface area contributed by atoms with E-state index in [9.17, 15) is 4.79 Å². The highest BCUT2D eigenvalue weighted by Gasteiger charge is 2.31. The molecule has 1 aliphatic rings. The van der Waals surface area contributed by atoms with Crippen LogP contribution >= 0.6 is 0 Å². The van der Waals surface area contributed by atoms with Crippen molar-refractivity contribution in [2.45, 2.75) is 45.2 Å². The van der Waals surface area contributed by atoms with Gasteiger partial charge in [-0.1, -0.05) is 6.92 Å². The van der Waals surface area contributed by atoms with Crippen LogP contribution in [0.15, 0.2) is 0 Å². The number of hydrogen-bond donors (Lipinski definition) is 2. The maximum Gasteiger partial charge on any atom is 0.239 e. The van der Waals surface area contributed by atoms with Gasteiger partial charge in [-0.2, -0.15) is 0 Å². The van der Waals surface area contributed by atoms with Crippen molar-refractivity contribution in [3.63, 3.8) is 0 Å². The van der Waals surface area contributed by atoms with Crippen LogP contribution < -0.4 is 11.1 Å². The average molecular weight is 257 g/mol. The maximum absolute atomic E-state index is 11.9. The number of carbonyl (C=O) groups excluding carboxylic acids is 1. The van der Waals surface area contributed by atoms with Gasteiger partial charge in [0, 0.05) is 25.2 Å². The lowest BCUT2D eigenvalue weighted by Gasteiger charge is -2.41. The van der Waals surface area contributed by atoms with Crippen LogP contribution in [-0.4, -0.2) is 54.7 Å². The van der Waals surface area contributed by atoms with Gasteiger partial charge in [-0.25, -0.2) is 0 Å². The lowest BCUT2D eigenvalue weighted by molar-refractivity contribution is -0.126. The highest BCUT2D eigenvalue weighted by molar-refractivity contribution is 5.85. The summed E-state index contributed by atoms with van der Waals surface area (Å²) in [5.41, 5.74) is 5.08. The third kappa shape index (κ3) is 3.93. The van der Waals surface area contributed by atoms with Gasteiger partial charge >= 0.3 is 0 Å². The molecule has 0 radical (unpaired) electrons. The largest absolute Gasteiger partial charge is 0.379 e. The molecule has 0 bridgehead atoms. The molecule has 1 rings (SSSR count). The van der Waals surface area contributed by atoms with Gasteiger partial charge in [0.15, 0.2) is 0 Å². The van der Waals surface area contributed by atoms with Crippen LogP contribution in [0.2, 0.25) is 0 Å². The van der Waals surface area contributed by atoms with Crippen LogP contribution in [0.4, 0.5) is 0 Å². The maximum atomic E-state index is 11.9. The van der Waals surface area contributed by atoms with Gasteiger partial charge in [-0.3, -0.25) is 9.69 Å². The molecule has 18 heavy (non-hydrogen) atoms. The third-order valence-electron chi connectivity index (χ3n) is 3.80. The molecular weight excluding hydrogens is 230 g/mol. The standard InChI is InChI=1S/C13H27N3O2/c1-5-13(4,14)11(17)15-10-12(2,3)16-6-8-18-9-7-16/h5-10,14H2,1-4H3,(H,15,17). The van der Waals surface area contributed by atoms with E-state index in [1.165, 1.54) is 0 Å². The zero-order chi connectivity index (χ0) is 13.8. The van der Waals surface area contributed by atoms with Crippen LogP contribution in [0.25, 0.3) is 0 Å². The van der Waals surface area contributed by atoms with E-state index in [1.807, 2.05) is 6.92 Å². The Bertz CT molecular complexity index is 284. The van der Waals surface area contributed by atoms with Crippen LogP contribution in [-0.2, 0) is 9.53 Å². The van der Waals surface area contributed by atoms with E-state index in [0.29, 0.717) is 13.0 Å². The smallest absolute Gasteiger partial charge is 0.239 e. The molecule has 1 heterocycles. The molecular formula is C13H27N3O2. The van der Waals surface area contributed by atoms with Crippen LogP contribution in [0.5, 0.6) is 0 Å². The summed E-state index contributed by atoms with van der Waals surface area (Å²) in [5, 5.41) is 2.97. The minimum atomic E-state index is -0.777. The third-order valence-corrected chi connectivity index (χ3v) is 3.80. The number of nitrogens with one attached hydrogen (secondary N) is 1. The fourth-order valence-electron chi connectivity index (χ4n) is 1.94. The predicted molar refractivity (Wildman–Crippen MR) is 72.4 cm³/mol. The SMILES string of the molecule is CCC(C)(N)C(=O)NCC(C)(C)N1CCOCC1. The molecule has 0 aromatic heterocycles. The van der Waals surface area contributed by atoms with Crippen molar-refractivity contribution in [2.24, 2.45) is 5.73 Å². The predicted octanol–water partition coefficient (Wildman–Crippen LogP) is 0.341. The van der Waals surface area contributed by atoms with Crippen LogP contribution in [0, 0.1) is 0 Å². The first kappa shape index (κ1) is 15.4. The summed E-state index contributed by atoms with van der Waals surface area (Å²) in [5.74, 6) is -0.0775. The molecule has 106 valence electrons. The molecule has 0 aromatic rings. The first-order valence-corrected chi connectivity index (χ1v) is 6.69. The van der Waals surface area contributed by atoms with E-state index in [-0.39, 0.29) is 11.4 Å². The quantitative estimate of drug-likeness (QED) is 0.745. The van der Waals surface area contributed by atoms with Gasteiger partial charge in [0.25, 0.3) is 0 Å². The number of amides is 1. The van der Waals surface area contributed by atoms with E-state index in [2.05, 4.69) is 24.1 Å². The van der Waals surface area contributed by atoms with Crippen molar-refractivity contribution in [1.29, 1.82) is 0 Å². The number of nitrogens with zero attached hydrogens (tertiary/aromatic N) is 1. The second-order valence-corrected chi connectivity index (χ2v) is 5.87. The molecule has 0 aliphatic carbocycles. The van der Waals surface area contributed by atoms with Crippen molar-refractivity contribution in [1.82, 2.24) is 10.2 Å². The number of nitrogens with two attached hydrogens (primary N) is 1. The highest BCUT2D eigenvalue weighted by atomic mass is 16.5. The van der Waals surface area contributed by atoms with Crippen molar-refractivity contribution in [3.05, 3.63) is 0 Å². The first-order valence-electron chi connectivity index (χ1n) is 6.69. The minimum Gasteiger partial charge on any atom is -0.379 e. The van der Waals surface area contributed by atoms with Crippen molar-refractivity contribution in [2.75, 3.05) is 32.8 Å². The Hall–Kier alpha value is -0.650. The minimum absolute atomic E-state index is 0.0662. The highest BCUT2D eigenvalue weighted by Crippen LogP contribution is 2.15. The summed E-state index contributed by atoms with van der Waals surface area (Å²) < 4.78 is 5.34. The first-order chi connectivity index (χ1) is 8.29. The number of hydrogen-bond acceptors (Lipinski definition) is 4. The van der Waals surface area contributed by atoms with Gasteiger partial charge < -0.3 is 15.8 Å². The van der Waals surface area contributed by atoms with Gasteiger partial charge in [-0.15, -0.1) is 0 Å². The fourth-order valence-corrected chi connectivity index (χ4v) is 1.94. The Kier molecular flexibility index (Phi) is 5.13. The lowest BCUT2D eigenvalue weighted by Crippen LogP contribution is -2.59. The average Bonchev–Trinajstić information content (AvgIpc) is 2.37. The van der Waals surface area contributed by atoms with Crippen molar-refractivity contribution in [3.8, 4) is 0 Å². The molecule has 1 atom stereocenters. The molecule has 0 saturated carbocycles. The molecule has 1 amide bonds. The summed E-state index contributed by atoms with van der Waals surface area (Å²) in [4.78, 5) is 14.3. The van der Waals surface area contributed by atoms with E-state index in [4.69, 9.17) is 10.5 Å². The molecule has 5 heteroatoms. The summed E-state index contributed by atoms with van der Waals surface area (Å²) in [7, 11) is 0. The normalized spacial score (nSPS) is 21.4. The molecule has 1 fully saturated rings. The van der Waals surface area contributed by atoms with E-state index < -0.39 is 5.54 Å². The van der Waals surface area contributed by atoms with Gasteiger partial charge in [0.1, 0.15) is 0 Å². The summed E-state index contributed by atoms with van der Waals surface area (Å²) in [6, 6.07) is 0. The summed E-state index contributed by atoms with van der Waals surface area (Å²) in [6.07, 6.45) is 0.636. The Morgan fingerprint density at radius 1 is 1.33 bits per heavy atom. The Labute approximate surface area is 110 Å². The van der Waals surface area contributed by atoms with E-state index in [1.54, 1.807) is 6.92 Å². The molecule has 1 aliphatic heterocycles. The number of morpholine rings is 1. The van der Waals surface area contributed by atoms with E-state index >= 15 is 0 Å². The molecule has 0 aromatic carbocycles. The Morgan fingerprint density at radius 2 is 1.89 bits per heavy atom. The number of carbonyl (C=O) groups is 1. The van der Waals surface area contributed by atoms with Crippen LogP contribution in [0.3, 0.4) is 0 Å². The van der Waals surface area contributed by atoms with Crippen molar-refractivity contribution >= 4 is 5.91 Å². The fraction of sp³-hybridized carbons (Fsp3) is 0.923. The summed E-state index contributed by atoms with van der Waals surface area (Å²) >= 11 is 0. The number of rotatable bonds is 5. The monoisotopic (exact) mass is 257 g/mol. The van der Waals surface area contributed by atoms with Gasteiger partial charge in [-0.05, 0) is 27.2 Å². The molecule has 0 spiro atoms. The molecule has 5 nitrogen and oxygen atoms in total. The molecule has 3 N–H and O–H groups in total. The Balaban J connectivity index is 2.48. The van der Waals surface area contributed by atoms with Gasteiger partial charge in [0.2, 0.25) is 5.91 Å². The van der Waals surface area contributed by atoms with Gasteiger partial charge in [0.05, 0.1) is 18.8 Å². The Morgan fingerprint density at radius 3 is 2.39 bits per heavy atom. The number of ether oxygens (including phenoxy) is 1. The second kappa shape index (κ2) is 5.99. The molecule has 1 unspecified atom stereocenters. The zero-order valence-electron chi connectivity index (χ0n) is 12.1. The second-order valence-electron chi connectivity index (χ2n) is 5.87. The topological polar surface area (TPSA) is 67.6 Å². The van der Waals surface area contributed by atoms with E-state index in [0.717, 1.165) is 26.3 Å². The lowest BCUT2D eigenvalue weighted by atomic mass is 9.97. The zero-order valence-corrected chi connectivity index (χ0v) is 12.1. The van der Waals surface area contributed by atoms with Crippen LogP contribution in [0.1, 0.15) is 34.1 Å².